The predicted molar refractivity (Wildman–Crippen MR) is 134 cm³/mol. The molecule has 5 nitrogen and oxygen atoms in total. The summed E-state index contributed by atoms with van der Waals surface area (Å²) in [4.78, 5) is 24.6. The third kappa shape index (κ3) is 5.66. The second kappa shape index (κ2) is 10.4. The maximum Gasteiger partial charge on any atom is 0.345 e. The minimum absolute atomic E-state index is 0.210. The van der Waals surface area contributed by atoms with Gasteiger partial charge in [-0.25, -0.2) is 10.2 Å². The van der Waals surface area contributed by atoms with Crippen LogP contribution in [0.5, 0.6) is 5.75 Å². The lowest BCUT2D eigenvalue weighted by atomic mass is 10.0. The predicted octanol–water partition coefficient (Wildman–Crippen LogP) is 6.17. The van der Waals surface area contributed by atoms with Crippen LogP contribution < -0.4 is 10.2 Å². The van der Waals surface area contributed by atoms with Crippen LogP contribution in [0.1, 0.15) is 21.5 Å². The molecule has 0 aliphatic carbocycles. The van der Waals surface area contributed by atoms with Crippen LogP contribution >= 0.6 is 27.5 Å². The minimum Gasteiger partial charge on any atom is -0.423 e. The Labute approximate surface area is 204 Å². The standard InChI is InChI=1S/C26H18BrClN2O3/c27-23-14-11-18(20-5-1-2-6-21(20)23)15-25(31)30-29-16-17-9-12-19(13-10-17)33-26(32)22-7-3-4-8-24(22)28/h1-14,16H,15H2,(H,30,31)/b29-16-. The first-order valence-corrected chi connectivity index (χ1v) is 11.2. The zero-order chi connectivity index (χ0) is 23.2. The average molecular weight is 522 g/mol. The molecule has 1 N–H and O–H groups in total. The van der Waals surface area contributed by atoms with E-state index in [2.05, 4.69) is 26.5 Å². The third-order valence-corrected chi connectivity index (χ3v) is 5.92. The molecule has 4 aromatic rings. The molecule has 0 spiro atoms. The molecule has 7 heteroatoms. The first kappa shape index (κ1) is 22.7. The molecule has 0 bridgehead atoms. The number of benzene rings is 4. The highest BCUT2D eigenvalue weighted by molar-refractivity contribution is 9.10. The number of rotatable bonds is 6. The van der Waals surface area contributed by atoms with Gasteiger partial charge in [0.05, 0.1) is 23.2 Å². The van der Waals surface area contributed by atoms with Gasteiger partial charge in [0, 0.05) is 4.47 Å². The van der Waals surface area contributed by atoms with Gasteiger partial charge in [0.15, 0.2) is 0 Å². The largest absolute Gasteiger partial charge is 0.423 e. The number of hydrazone groups is 1. The fourth-order valence-electron chi connectivity index (χ4n) is 3.28. The van der Waals surface area contributed by atoms with Gasteiger partial charge >= 0.3 is 5.97 Å². The summed E-state index contributed by atoms with van der Waals surface area (Å²) < 4.78 is 6.34. The van der Waals surface area contributed by atoms with Crippen molar-refractivity contribution in [2.75, 3.05) is 0 Å². The summed E-state index contributed by atoms with van der Waals surface area (Å²) in [6, 6.07) is 25.2. The molecule has 0 aliphatic rings. The molecule has 0 aliphatic heterocycles. The molecule has 4 rings (SSSR count). The molecule has 0 saturated carbocycles. The molecule has 0 atom stereocenters. The van der Waals surface area contributed by atoms with Crippen molar-refractivity contribution >= 4 is 56.4 Å². The van der Waals surface area contributed by atoms with E-state index < -0.39 is 5.97 Å². The number of carbonyl (C=O) groups excluding carboxylic acids is 2. The van der Waals surface area contributed by atoms with Gasteiger partial charge in [-0.3, -0.25) is 4.79 Å². The van der Waals surface area contributed by atoms with E-state index in [0.29, 0.717) is 16.3 Å². The molecule has 0 fully saturated rings. The van der Waals surface area contributed by atoms with Crippen LogP contribution in [0, 0.1) is 0 Å². The normalized spacial score (nSPS) is 11.0. The maximum absolute atomic E-state index is 12.4. The Morgan fingerprint density at radius 1 is 0.909 bits per heavy atom. The number of ether oxygens (including phenoxy) is 1. The molecular formula is C26H18BrClN2O3. The van der Waals surface area contributed by atoms with Gasteiger partial charge in [-0.1, -0.05) is 70.0 Å². The van der Waals surface area contributed by atoms with Gasteiger partial charge in [0.1, 0.15) is 5.75 Å². The van der Waals surface area contributed by atoms with Crippen molar-refractivity contribution in [2.24, 2.45) is 5.10 Å². The summed E-state index contributed by atoms with van der Waals surface area (Å²) in [5.41, 5.74) is 4.51. The van der Waals surface area contributed by atoms with Crippen LogP contribution in [0.15, 0.2) is 94.5 Å². The number of halogens is 2. The summed E-state index contributed by atoms with van der Waals surface area (Å²) in [6.07, 6.45) is 1.74. The second-order valence-electron chi connectivity index (χ2n) is 7.16. The van der Waals surface area contributed by atoms with Crippen molar-refractivity contribution in [2.45, 2.75) is 6.42 Å². The Kier molecular flexibility index (Phi) is 7.17. The summed E-state index contributed by atoms with van der Waals surface area (Å²) in [5.74, 6) is -0.373. The van der Waals surface area contributed by atoms with Crippen molar-refractivity contribution in [3.05, 3.63) is 111 Å². The molecule has 33 heavy (non-hydrogen) atoms. The lowest BCUT2D eigenvalue weighted by Crippen LogP contribution is -2.19. The Hall–Kier alpha value is -3.48. The summed E-state index contributed by atoms with van der Waals surface area (Å²) in [5, 5.41) is 6.44. The monoisotopic (exact) mass is 520 g/mol. The number of hydrogen-bond acceptors (Lipinski definition) is 4. The van der Waals surface area contributed by atoms with Crippen molar-refractivity contribution in [3.8, 4) is 5.75 Å². The zero-order valence-electron chi connectivity index (χ0n) is 17.3. The Morgan fingerprint density at radius 3 is 2.36 bits per heavy atom. The molecule has 0 radical (unpaired) electrons. The topological polar surface area (TPSA) is 67.8 Å². The van der Waals surface area contributed by atoms with Crippen LogP contribution in [0.3, 0.4) is 0 Å². The van der Waals surface area contributed by atoms with E-state index in [1.807, 2.05) is 36.4 Å². The molecule has 4 aromatic carbocycles. The summed E-state index contributed by atoms with van der Waals surface area (Å²) in [7, 11) is 0. The lowest BCUT2D eigenvalue weighted by molar-refractivity contribution is -0.120. The highest BCUT2D eigenvalue weighted by Crippen LogP contribution is 2.27. The SMILES string of the molecule is O=C(Cc1ccc(Br)c2ccccc12)N/N=C\c1ccc(OC(=O)c2ccccc2Cl)cc1. The third-order valence-electron chi connectivity index (χ3n) is 4.90. The average Bonchev–Trinajstić information content (AvgIpc) is 2.82. The van der Waals surface area contributed by atoms with E-state index in [0.717, 1.165) is 26.4 Å². The molecule has 164 valence electrons. The molecule has 0 saturated heterocycles. The first-order chi connectivity index (χ1) is 16.0. The fourth-order valence-corrected chi connectivity index (χ4v) is 3.97. The molecule has 0 unspecified atom stereocenters. The highest BCUT2D eigenvalue weighted by Gasteiger charge is 2.12. The Bertz CT molecular complexity index is 1350. The number of hydrogen-bond donors (Lipinski definition) is 1. The van der Waals surface area contributed by atoms with Crippen molar-refractivity contribution < 1.29 is 14.3 Å². The number of fused-ring (bicyclic) bond motifs is 1. The molecular weight excluding hydrogens is 504 g/mol. The van der Waals surface area contributed by atoms with E-state index >= 15 is 0 Å². The molecule has 0 aromatic heterocycles. The van der Waals surface area contributed by atoms with Crippen LogP contribution in [-0.4, -0.2) is 18.1 Å². The van der Waals surface area contributed by atoms with Crippen molar-refractivity contribution in [1.29, 1.82) is 0 Å². The van der Waals surface area contributed by atoms with Gasteiger partial charge in [0.25, 0.3) is 0 Å². The lowest BCUT2D eigenvalue weighted by Gasteiger charge is -2.07. The number of esters is 1. The zero-order valence-corrected chi connectivity index (χ0v) is 19.6. The van der Waals surface area contributed by atoms with Crippen LogP contribution in [0.2, 0.25) is 5.02 Å². The fraction of sp³-hybridized carbons (Fsp3) is 0.0385. The van der Waals surface area contributed by atoms with Crippen LogP contribution in [0.4, 0.5) is 0 Å². The summed E-state index contributed by atoms with van der Waals surface area (Å²) in [6.45, 7) is 0. The van der Waals surface area contributed by atoms with Crippen LogP contribution in [0.25, 0.3) is 10.8 Å². The van der Waals surface area contributed by atoms with E-state index in [1.165, 1.54) is 6.21 Å². The quantitative estimate of drug-likeness (QED) is 0.143. The Morgan fingerprint density at radius 2 is 1.61 bits per heavy atom. The first-order valence-electron chi connectivity index (χ1n) is 10.1. The minimum atomic E-state index is -0.533. The summed E-state index contributed by atoms with van der Waals surface area (Å²) >= 11 is 9.57. The number of nitrogens with zero attached hydrogens (tertiary/aromatic N) is 1. The van der Waals surface area contributed by atoms with E-state index in [4.69, 9.17) is 16.3 Å². The van der Waals surface area contributed by atoms with Gasteiger partial charge in [-0.2, -0.15) is 5.10 Å². The van der Waals surface area contributed by atoms with Crippen molar-refractivity contribution in [1.82, 2.24) is 5.43 Å². The number of nitrogens with one attached hydrogen (secondary N) is 1. The van der Waals surface area contributed by atoms with Crippen LogP contribution in [-0.2, 0) is 11.2 Å². The molecule has 1 amide bonds. The second-order valence-corrected chi connectivity index (χ2v) is 8.42. The van der Waals surface area contributed by atoms with E-state index in [-0.39, 0.29) is 12.3 Å². The molecule has 0 heterocycles. The van der Waals surface area contributed by atoms with Gasteiger partial charge < -0.3 is 4.74 Å². The van der Waals surface area contributed by atoms with Gasteiger partial charge in [-0.05, 0) is 64.4 Å². The maximum atomic E-state index is 12.4. The highest BCUT2D eigenvalue weighted by atomic mass is 79.9. The number of carbonyl (C=O) groups is 2. The Balaban J connectivity index is 1.34. The van der Waals surface area contributed by atoms with Gasteiger partial charge in [0.2, 0.25) is 5.91 Å². The van der Waals surface area contributed by atoms with Crippen molar-refractivity contribution in [3.63, 3.8) is 0 Å². The van der Waals surface area contributed by atoms with E-state index in [9.17, 15) is 9.59 Å². The van der Waals surface area contributed by atoms with E-state index in [1.54, 1.807) is 48.5 Å². The van der Waals surface area contributed by atoms with Gasteiger partial charge in [-0.15, -0.1) is 0 Å². The number of amides is 1. The smallest absolute Gasteiger partial charge is 0.345 e.